The van der Waals surface area contributed by atoms with Crippen molar-refractivity contribution in [3.63, 3.8) is 0 Å². The molecule has 1 aliphatic carbocycles. The number of aromatic amines is 1. The fourth-order valence-corrected chi connectivity index (χ4v) is 6.17. The number of carbonyl (C=O) groups is 2. The summed E-state index contributed by atoms with van der Waals surface area (Å²) in [6, 6.07) is 24.7. The Morgan fingerprint density at radius 3 is 2.57 bits per heavy atom. The number of nitrogens with one attached hydrogen (secondary N) is 3. The van der Waals surface area contributed by atoms with E-state index in [1.54, 1.807) is 13.3 Å². The first kappa shape index (κ1) is 31.1. The minimum atomic E-state index is -0.770. The molecule has 46 heavy (non-hydrogen) atoms. The van der Waals surface area contributed by atoms with Crippen LogP contribution < -0.4 is 16.4 Å². The zero-order valence-corrected chi connectivity index (χ0v) is 25.9. The van der Waals surface area contributed by atoms with Crippen LogP contribution in [-0.4, -0.2) is 51.7 Å². The van der Waals surface area contributed by atoms with Crippen molar-refractivity contribution in [1.29, 1.82) is 0 Å². The predicted molar refractivity (Wildman–Crippen MR) is 178 cm³/mol. The lowest BCUT2D eigenvalue weighted by molar-refractivity contribution is -0.130. The summed E-state index contributed by atoms with van der Waals surface area (Å²) in [7, 11) is 1.60. The van der Waals surface area contributed by atoms with Crippen LogP contribution in [0.25, 0.3) is 33.4 Å². The van der Waals surface area contributed by atoms with Crippen molar-refractivity contribution >= 4 is 28.4 Å². The van der Waals surface area contributed by atoms with Crippen LogP contribution in [-0.2, 0) is 27.4 Å². The van der Waals surface area contributed by atoms with Crippen LogP contribution in [0.15, 0.2) is 85.1 Å². The molecule has 5 N–H and O–H groups in total. The van der Waals surface area contributed by atoms with E-state index in [1.807, 2.05) is 54.6 Å². The number of hydrogen-bond donors (Lipinski definition) is 4. The van der Waals surface area contributed by atoms with Gasteiger partial charge < -0.3 is 21.1 Å². The summed E-state index contributed by atoms with van der Waals surface area (Å²) in [4.78, 5) is 36.2. The number of ether oxygens (including phenoxy) is 1. The summed E-state index contributed by atoms with van der Waals surface area (Å²) in [5, 5.41) is 14.3. The van der Waals surface area contributed by atoms with E-state index in [2.05, 4.69) is 55.1 Å². The summed E-state index contributed by atoms with van der Waals surface area (Å²) < 4.78 is 5.11. The Bertz CT molecular complexity index is 1790. The minimum absolute atomic E-state index is 0.0845. The van der Waals surface area contributed by atoms with Crippen LogP contribution in [0.2, 0.25) is 0 Å². The van der Waals surface area contributed by atoms with Gasteiger partial charge in [0.15, 0.2) is 11.6 Å². The largest absolute Gasteiger partial charge is 0.377 e. The molecule has 1 unspecified atom stereocenters. The Balaban J connectivity index is 1.21. The first-order valence-corrected chi connectivity index (χ1v) is 15.8. The molecule has 5 aromatic rings. The molecule has 3 aromatic carbocycles. The van der Waals surface area contributed by atoms with Gasteiger partial charge in [0.2, 0.25) is 11.8 Å². The normalized spacial score (nSPS) is 17.0. The number of aromatic nitrogens is 4. The quantitative estimate of drug-likeness (QED) is 0.158. The van der Waals surface area contributed by atoms with E-state index in [9.17, 15) is 9.59 Å². The van der Waals surface area contributed by atoms with Crippen LogP contribution >= 0.6 is 0 Å². The fraction of sp³-hybridized carbons (Fsp3) is 0.306. The maximum atomic E-state index is 13.8. The molecule has 0 bridgehead atoms. The highest BCUT2D eigenvalue weighted by molar-refractivity contribution is 5.98. The van der Waals surface area contributed by atoms with Gasteiger partial charge >= 0.3 is 0 Å². The molecule has 0 radical (unpaired) electrons. The third kappa shape index (κ3) is 7.30. The monoisotopic (exact) mass is 617 g/mol. The van der Waals surface area contributed by atoms with E-state index in [1.165, 1.54) is 0 Å². The Morgan fingerprint density at radius 1 is 0.978 bits per heavy atom. The van der Waals surface area contributed by atoms with Gasteiger partial charge in [-0.2, -0.15) is 5.10 Å². The number of carbonyl (C=O) groups excluding carboxylic acids is 2. The molecule has 10 heteroatoms. The maximum Gasteiger partial charge on any atom is 0.247 e. The molecule has 1 atom stereocenters. The fourth-order valence-electron chi connectivity index (χ4n) is 6.17. The molecule has 2 amide bonds. The van der Waals surface area contributed by atoms with E-state index in [-0.39, 0.29) is 17.7 Å². The second-order valence-corrected chi connectivity index (χ2v) is 11.9. The van der Waals surface area contributed by atoms with Gasteiger partial charge in [0.1, 0.15) is 12.6 Å². The van der Waals surface area contributed by atoms with E-state index < -0.39 is 6.04 Å². The molecule has 2 heterocycles. The first-order chi connectivity index (χ1) is 22.5. The lowest BCUT2D eigenvalue weighted by atomic mass is 9.81. The Labute approximate surface area is 268 Å². The minimum Gasteiger partial charge on any atom is -0.377 e. The van der Waals surface area contributed by atoms with E-state index in [4.69, 9.17) is 10.5 Å². The molecular formula is C36H39N7O3. The number of fused-ring (bicyclic) bond motifs is 1. The van der Waals surface area contributed by atoms with Crippen LogP contribution in [0, 0.1) is 11.8 Å². The van der Waals surface area contributed by atoms with Gasteiger partial charge in [0, 0.05) is 42.3 Å². The zero-order valence-electron chi connectivity index (χ0n) is 25.9. The molecule has 0 spiro atoms. The van der Waals surface area contributed by atoms with Crippen molar-refractivity contribution in [2.45, 2.75) is 44.8 Å². The SMILES string of the molecule is COCc1nc(-c2ccc(NC(=O)C(Cc3cccc(-c4cccc5ncccc45)c3)NC(=O)C3CCC(CN)CC3)cc2)n[nH]1. The van der Waals surface area contributed by atoms with Crippen molar-refractivity contribution in [2.75, 3.05) is 19.0 Å². The van der Waals surface area contributed by atoms with Gasteiger partial charge in [-0.15, -0.1) is 0 Å². The maximum absolute atomic E-state index is 13.8. The molecule has 2 aromatic heterocycles. The van der Waals surface area contributed by atoms with Gasteiger partial charge in [-0.1, -0.05) is 42.5 Å². The summed E-state index contributed by atoms with van der Waals surface area (Å²) >= 11 is 0. The smallest absolute Gasteiger partial charge is 0.247 e. The number of anilines is 1. The number of pyridine rings is 1. The van der Waals surface area contributed by atoms with Crippen molar-refractivity contribution < 1.29 is 14.3 Å². The van der Waals surface area contributed by atoms with E-state index in [0.29, 0.717) is 42.8 Å². The average molecular weight is 618 g/mol. The number of nitrogens with two attached hydrogens (primary N) is 1. The lowest BCUT2D eigenvalue weighted by Crippen LogP contribution is -2.48. The Kier molecular flexibility index (Phi) is 9.76. The van der Waals surface area contributed by atoms with Crippen molar-refractivity contribution in [3.05, 3.63) is 96.4 Å². The summed E-state index contributed by atoms with van der Waals surface area (Å²) in [5.74, 6) is 1.14. The first-order valence-electron chi connectivity index (χ1n) is 15.8. The number of hydrogen-bond acceptors (Lipinski definition) is 7. The standard InChI is InChI=1S/C36H39N7O3/c1-46-22-33-41-34(43-42-33)25-14-16-28(17-15-25)39-36(45)32(40-35(44)26-12-10-23(21-37)11-13-26)20-24-5-2-6-27(19-24)29-7-3-9-31-30(29)8-4-18-38-31/h2-9,14-19,23,26,32H,10-13,20-22,37H2,1H3,(H,39,45)(H,40,44)(H,41,42,43). The Morgan fingerprint density at radius 2 is 1.78 bits per heavy atom. The second kappa shape index (κ2) is 14.4. The van der Waals surface area contributed by atoms with E-state index in [0.717, 1.165) is 58.8 Å². The summed E-state index contributed by atoms with van der Waals surface area (Å²) in [6.45, 7) is 0.983. The number of nitrogens with zero attached hydrogens (tertiary/aromatic N) is 3. The summed E-state index contributed by atoms with van der Waals surface area (Å²) in [5.41, 5.74) is 11.2. The molecule has 10 nitrogen and oxygen atoms in total. The van der Waals surface area contributed by atoms with E-state index >= 15 is 0 Å². The van der Waals surface area contributed by atoms with Crippen LogP contribution in [0.3, 0.4) is 0 Å². The second-order valence-electron chi connectivity index (χ2n) is 11.9. The van der Waals surface area contributed by atoms with Gasteiger partial charge in [-0.3, -0.25) is 19.7 Å². The van der Waals surface area contributed by atoms with Crippen LogP contribution in [0.1, 0.15) is 37.1 Å². The number of H-pyrrole nitrogens is 1. The predicted octanol–water partition coefficient (Wildman–Crippen LogP) is 5.26. The molecule has 1 aliphatic rings. The molecule has 0 saturated heterocycles. The molecule has 1 saturated carbocycles. The third-order valence-corrected chi connectivity index (χ3v) is 8.73. The van der Waals surface area contributed by atoms with Gasteiger partial charge in [0.05, 0.1) is 5.52 Å². The average Bonchev–Trinajstić information content (AvgIpc) is 3.57. The number of amides is 2. The summed E-state index contributed by atoms with van der Waals surface area (Å²) in [6.07, 6.45) is 5.54. The molecule has 0 aliphatic heterocycles. The molecule has 1 fully saturated rings. The van der Waals surface area contributed by atoms with Gasteiger partial charge in [-0.05, 0) is 91.2 Å². The number of methoxy groups -OCH3 is 1. The highest BCUT2D eigenvalue weighted by Crippen LogP contribution is 2.30. The van der Waals surface area contributed by atoms with Crippen molar-refractivity contribution in [1.82, 2.24) is 25.5 Å². The molecule has 6 rings (SSSR count). The topological polar surface area (TPSA) is 148 Å². The van der Waals surface area contributed by atoms with Gasteiger partial charge in [-0.25, -0.2) is 4.98 Å². The lowest BCUT2D eigenvalue weighted by Gasteiger charge is -2.28. The highest BCUT2D eigenvalue weighted by Gasteiger charge is 2.29. The third-order valence-electron chi connectivity index (χ3n) is 8.73. The van der Waals surface area contributed by atoms with Gasteiger partial charge in [0.25, 0.3) is 0 Å². The van der Waals surface area contributed by atoms with Crippen LogP contribution in [0.4, 0.5) is 5.69 Å². The Hall–Kier alpha value is -4.93. The van der Waals surface area contributed by atoms with Crippen molar-refractivity contribution in [2.24, 2.45) is 17.6 Å². The van der Waals surface area contributed by atoms with Crippen molar-refractivity contribution in [3.8, 4) is 22.5 Å². The zero-order chi connectivity index (χ0) is 31.9. The number of benzene rings is 3. The molecule has 236 valence electrons. The highest BCUT2D eigenvalue weighted by atomic mass is 16.5. The van der Waals surface area contributed by atoms with Crippen LogP contribution in [0.5, 0.6) is 0 Å². The molecular weight excluding hydrogens is 578 g/mol. The number of rotatable bonds is 11.